The SMILES string of the molecule is CCOC(=O)C1=C(c2ccccc2)Nc2ncnn2C1c1ccc(OCc2ccccc2C)cc1. The van der Waals surface area contributed by atoms with Gasteiger partial charge in [-0.1, -0.05) is 66.7 Å². The highest BCUT2D eigenvalue weighted by Gasteiger charge is 2.36. The first-order valence-corrected chi connectivity index (χ1v) is 11.6. The lowest BCUT2D eigenvalue weighted by Crippen LogP contribution is -2.30. The van der Waals surface area contributed by atoms with E-state index in [1.165, 1.54) is 11.9 Å². The van der Waals surface area contributed by atoms with E-state index in [-0.39, 0.29) is 6.61 Å². The molecule has 1 aliphatic heterocycles. The number of hydrogen-bond donors (Lipinski definition) is 1. The van der Waals surface area contributed by atoms with Crippen LogP contribution in [0.2, 0.25) is 0 Å². The molecule has 0 spiro atoms. The Morgan fingerprint density at radius 3 is 2.49 bits per heavy atom. The predicted molar refractivity (Wildman–Crippen MR) is 134 cm³/mol. The largest absolute Gasteiger partial charge is 0.489 e. The van der Waals surface area contributed by atoms with Crippen molar-refractivity contribution in [2.75, 3.05) is 11.9 Å². The molecule has 1 aromatic heterocycles. The standard InChI is InChI=1S/C28H26N4O3/c1-3-34-27(33)24-25(20-10-5-4-6-11-20)31-28-29-18-30-32(28)26(24)21-13-15-23(16-14-21)35-17-22-12-8-7-9-19(22)2/h4-16,18,26H,3,17H2,1-2H3,(H,29,30,31). The Labute approximate surface area is 204 Å². The Kier molecular flexibility index (Phi) is 6.30. The fourth-order valence-corrected chi connectivity index (χ4v) is 4.21. The van der Waals surface area contributed by atoms with E-state index < -0.39 is 12.0 Å². The summed E-state index contributed by atoms with van der Waals surface area (Å²) >= 11 is 0. The number of anilines is 1. The van der Waals surface area contributed by atoms with Gasteiger partial charge in [-0.05, 0) is 48.2 Å². The number of benzene rings is 3. The van der Waals surface area contributed by atoms with Crippen molar-refractivity contribution in [2.45, 2.75) is 26.5 Å². The minimum absolute atomic E-state index is 0.271. The first kappa shape index (κ1) is 22.4. The number of carbonyl (C=O) groups is 1. The average Bonchev–Trinajstić information content (AvgIpc) is 3.37. The number of esters is 1. The Morgan fingerprint density at radius 1 is 1.00 bits per heavy atom. The summed E-state index contributed by atoms with van der Waals surface area (Å²) in [5.74, 6) is 0.904. The third kappa shape index (κ3) is 4.53. The minimum atomic E-state index is -0.506. The van der Waals surface area contributed by atoms with Crippen molar-refractivity contribution in [1.29, 1.82) is 0 Å². The maximum atomic E-state index is 13.2. The van der Waals surface area contributed by atoms with Crippen molar-refractivity contribution in [3.63, 3.8) is 0 Å². The van der Waals surface area contributed by atoms with Gasteiger partial charge in [0.25, 0.3) is 0 Å². The fraction of sp³-hybridized carbons (Fsp3) is 0.179. The van der Waals surface area contributed by atoms with Crippen LogP contribution in [0.3, 0.4) is 0 Å². The summed E-state index contributed by atoms with van der Waals surface area (Å²) in [6, 6.07) is 25.1. The quantitative estimate of drug-likeness (QED) is 0.379. The van der Waals surface area contributed by atoms with Gasteiger partial charge in [-0.15, -0.1) is 0 Å². The second-order valence-corrected chi connectivity index (χ2v) is 8.22. The van der Waals surface area contributed by atoms with E-state index in [0.29, 0.717) is 23.8 Å². The molecule has 3 aromatic carbocycles. The van der Waals surface area contributed by atoms with Crippen molar-refractivity contribution in [3.05, 3.63) is 113 Å². The lowest BCUT2D eigenvalue weighted by Gasteiger charge is -2.29. The molecule has 2 heterocycles. The van der Waals surface area contributed by atoms with E-state index in [1.807, 2.05) is 66.7 Å². The van der Waals surface area contributed by atoms with Crippen molar-refractivity contribution < 1.29 is 14.3 Å². The molecule has 0 radical (unpaired) electrons. The third-order valence-corrected chi connectivity index (χ3v) is 6.01. The number of aromatic nitrogens is 3. The molecular formula is C28H26N4O3. The number of nitrogens with one attached hydrogen (secondary N) is 1. The highest BCUT2D eigenvalue weighted by molar-refractivity contribution is 6.02. The van der Waals surface area contributed by atoms with Crippen LogP contribution >= 0.6 is 0 Å². The van der Waals surface area contributed by atoms with Crippen LogP contribution in [-0.4, -0.2) is 27.3 Å². The lowest BCUT2D eigenvalue weighted by atomic mass is 9.93. The van der Waals surface area contributed by atoms with Gasteiger partial charge >= 0.3 is 5.97 Å². The van der Waals surface area contributed by atoms with Gasteiger partial charge < -0.3 is 14.8 Å². The number of nitrogens with zero attached hydrogens (tertiary/aromatic N) is 3. The number of rotatable bonds is 7. The highest BCUT2D eigenvalue weighted by atomic mass is 16.5. The van der Waals surface area contributed by atoms with Crippen LogP contribution in [0, 0.1) is 6.92 Å². The van der Waals surface area contributed by atoms with E-state index in [4.69, 9.17) is 9.47 Å². The molecule has 0 fully saturated rings. The van der Waals surface area contributed by atoms with Crippen LogP contribution in [-0.2, 0) is 16.1 Å². The number of hydrogen-bond acceptors (Lipinski definition) is 6. The van der Waals surface area contributed by atoms with Gasteiger partial charge in [0.1, 0.15) is 24.7 Å². The number of ether oxygens (including phenoxy) is 2. The van der Waals surface area contributed by atoms with Crippen molar-refractivity contribution in [1.82, 2.24) is 14.8 Å². The van der Waals surface area contributed by atoms with Gasteiger partial charge in [0.15, 0.2) is 0 Å². The number of carbonyl (C=O) groups excluding carboxylic acids is 1. The zero-order chi connectivity index (χ0) is 24.2. The Balaban J connectivity index is 1.52. The molecule has 35 heavy (non-hydrogen) atoms. The average molecular weight is 467 g/mol. The van der Waals surface area contributed by atoms with E-state index in [1.54, 1.807) is 11.6 Å². The van der Waals surface area contributed by atoms with Gasteiger partial charge in [-0.25, -0.2) is 9.48 Å². The summed E-state index contributed by atoms with van der Waals surface area (Å²) in [6.07, 6.45) is 1.48. The van der Waals surface area contributed by atoms with Crippen LogP contribution in [0.4, 0.5) is 5.95 Å². The summed E-state index contributed by atoms with van der Waals surface area (Å²) in [5, 5.41) is 7.69. The molecule has 0 saturated heterocycles. The molecule has 0 bridgehead atoms. The summed E-state index contributed by atoms with van der Waals surface area (Å²) < 4.78 is 13.2. The van der Waals surface area contributed by atoms with Gasteiger partial charge in [-0.3, -0.25) is 0 Å². The van der Waals surface area contributed by atoms with E-state index in [2.05, 4.69) is 34.5 Å². The lowest BCUT2D eigenvalue weighted by molar-refractivity contribution is -0.138. The Bertz CT molecular complexity index is 1360. The fourth-order valence-electron chi connectivity index (χ4n) is 4.21. The predicted octanol–water partition coefficient (Wildman–Crippen LogP) is 5.15. The van der Waals surface area contributed by atoms with Crippen LogP contribution in [0.15, 0.2) is 90.8 Å². The number of aryl methyl sites for hydroxylation is 1. The van der Waals surface area contributed by atoms with Crippen LogP contribution in [0.25, 0.3) is 5.70 Å². The molecule has 1 aliphatic rings. The normalized spacial score (nSPS) is 14.7. The zero-order valence-electron chi connectivity index (χ0n) is 19.6. The molecule has 176 valence electrons. The molecule has 5 rings (SSSR count). The number of fused-ring (bicyclic) bond motifs is 1. The summed E-state index contributed by atoms with van der Waals surface area (Å²) in [4.78, 5) is 17.6. The Morgan fingerprint density at radius 2 is 1.74 bits per heavy atom. The molecule has 0 amide bonds. The van der Waals surface area contributed by atoms with Gasteiger partial charge in [0.2, 0.25) is 5.95 Å². The van der Waals surface area contributed by atoms with Crippen LogP contribution in [0.1, 0.15) is 35.2 Å². The van der Waals surface area contributed by atoms with Gasteiger partial charge in [0.05, 0.1) is 17.9 Å². The van der Waals surface area contributed by atoms with Crippen molar-refractivity contribution in [2.24, 2.45) is 0 Å². The monoisotopic (exact) mass is 466 g/mol. The first-order valence-electron chi connectivity index (χ1n) is 11.6. The Hall–Kier alpha value is -4.39. The second-order valence-electron chi connectivity index (χ2n) is 8.22. The smallest absolute Gasteiger partial charge is 0.338 e. The molecule has 1 N–H and O–H groups in total. The third-order valence-electron chi connectivity index (χ3n) is 6.01. The van der Waals surface area contributed by atoms with E-state index >= 15 is 0 Å². The zero-order valence-corrected chi connectivity index (χ0v) is 19.6. The van der Waals surface area contributed by atoms with E-state index in [9.17, 15) is 4.79 Å². The molecule has 1 atom stereocenters. The topological polar surface area (TPSA) is 78.3 Å². The minimum Gasteiger partial charge on any atom is -0.489 e. The van der Waals surface area contributed by atoms with Gasteiger partial charge in [-0.2, -0.15) is 10.1 Å². The highest BCUT2D eigenvalue weighted by Crippen LogP contribution is 2.39. The molecule has 4 aromatic rings. The molecule has 1 unspecified atom stereocenters. The molecular weight excluding hydrogens is 440 g/mol. The maximum Gasteiger partial charge on any atom is 0.338 e. The summed E-state index contributed by atoms with van der Waals surface area (Å²) in [7, 11) is 0. The summed E-state index contributed by atoms with van der Waals surface area (Å²) in [5.41, 5.74) is 5.21. The summed E-state index contributed by atoms with van der Waals surface area (Å²) in [6.45, 7) is 4.63. The van der Waals surface area contributed by atoms with Crippen molar-refractivity contribution >= 4 is 17.6 Å². The molecule has 0 saturated carbocycles. The second kappa shape index (κ2) is 9.85. The first-order chi connectivity index (χ1) is 17.2. The van der Waals surface area contributed by atoms with Gasteiger partial charge in [0, 0.05) is 0 Å². The molecule has 0 aliphatic carbocycles. The van der Waals surface area contributed by atoms with Crippen molar-refractivity contribution in [3.8, 4) is 5.75 Å². The van der Waals surface area contributed by atoms with E-state index in [0.717, 1.165) is 22.4 Å². The maximum absolute atomic E-state index is 13.2. The van der Waals surface area contributed by atoms with Crippen LogP contribution in [0.5, 0.6) is 5.75 Å². The molecule has 7 heteroatoms. The molecule has 7 nitrogen and oxygen atoms in total. The van der Waals surface area contributed by atoms with Crippen LogP contribution < -0.4 is 10.1 Å².